The summed E-state index contributed by atoms with van der Waals surface area (Å²) in [5.74, 6) is 0.358. The Kier molecular flexibility index (Phi) is 6.80. The van der Waals surface area contributed by atoms with E-state index in [4.69, 9.17) is 16.3 Å². The molecule has 0 spiro atoms. The van der Waals surface area contributed by atoms with E-state index in [-0.39, 0.29) is 11.9 Å². The molecule has 1 aliphatic rings. The minimum absolute atomic E-state index is 0.262. The first-order valence-corrected chi connectivity index (χ1v) is 10.7. The summed E-state index contributed by atoms with van der Waals surface area (Å²) >= 11 is 6.23. The van der Waals surface area contributed by atoms with E-state index in [1.807, 2.05) is 30.3 Å². The van der Waals surface area contributed by atoms with E-state index in [1.54, 1.807) is 17.9 Å². The number of piperazine rings is 1. The number of hydrogen-bond acceptors (Lipinski definition) is 6. The first kappa shape index (κ1) is 21.7. The van der Waals surface area contributed by atoms with Crippen LogP contribution < -0.4 is 4.90 Å². The molecule has 2 aromatic carbocycles. The summed E-state index contributed by atoms with van der Waals surface area (Å²) in [5.41, 5.74) is 2.90. The lowest BCUT2D eigenvalue weighted by molar-refractivity contribution is 0.171. The first-order valence-electron chi connectivity index (χ1n) is 10.3. The summed E-state index contributed by atoms with van der Waals surface area (Å²) < 4.78 is 21.7. The van der Waals surface area contributed by atoms with Crippen LogP contribution in [0.2, 0.25) is 5.02 Å². The standard InChI is InChI=1S/C22H26ClFN6O/c1-16-7-8-17(23)15-20(16)28-9-11-29(12-10-28)21(18-5-3-4-6-19(18)24)22-25-26-27-30(22)13-14-31-2/h3-8,15,21H,9-14H2,1-2H3/t21-/m1/s1. The number of halogens is 2. The minimum atomic E-state index is -0.379. The summed E-state index contributed by atoms with van der Waals surface area (Å²) in [6.45, 7) is 6.14. The van der Waals surface area contributed by atoms with Gasteiger partial charge < -0.3 is 9.64 Å². The van der Waals surface area contributed by atoms with E-state index >= 15 is 0 Å². The fourth-order valence-electron chi connectivity index (χ4n) is 4.08. The van der Waals surface area contributed by atoms with Gasteiger partial charge in [-0.25, -0.2) is 9.07 Å². The van der Waals surface area contributed by atoms with Crippen molar-refractivity contribution in [2.45, 2.75) is 19.5 Å². The number of nitrogens with zero attached hydrogens (tertiary/aromatic N) is 6. The fraction of sp³-hybridized carbons (Fsp3) is 0.409. The van der Waals surface area contributed by atoms with Gasteiger partial charge in [-0.1, -0.05) is 35.9 Å². The first-order chi connectivity index (χ1) is 15.1. The Bertz CT molecular complexity index is 1020. The summed E-state index contributed by atoms with van der Waals surface area (Å²) in [5, 5.41) is 13.0. The van der Waals surface area contributed by atoms with Crippen LogP contribution in [0.1, 0.15) is 23.0 Å². The van der Waals surface area contributed by atoms with Crippen LogP contribution >= 0.6 is 11.6 Å². The molecule has 7 nitrogen and oxygen atoms in total. The van der Waals surface area contributed by atoms with Gasteiger partial charge in [0.15, 0.2) is 5.82 Å². The molecule has 2 heterocycles. The molecule has 0 unspecified atom stereocenters. The van der Waals surface area contributed by atoms with Gasteiger partial charge in [-0.3, -0.25) is 4.90 Å². The molecule has 1 aromatic heterocycles. The SMILES string of the molecule is COCCn1nnnc1[C@@H](c1ccccc1F)N1CCN(c2cc(Cl)ccc2C)CC1. The molecule has 1 fully saturated rings. The minimum Gasteiger partial charge on any atom is -0.383 e. The molecule has 0 amide bonds. The molecule has 0 N–H and O–H groups in total. The molecule has 0 aliphatic carbocycles. The molecule has 4 rings (SSSR count). The van der Waals surface area contributed by atoms with Crippen molar-refractivity contribution in [1.82, 2.24) is 25.1 Å². The van der Waals surface area contributed by atoms with Crippen LogP contribution in [0.4, 0.5) is 10.1 Å². The lowest BCUT2D eigenvalue weighted by Crippen LogP contribution is -2.48. The monoisotopic (exact) mass is 444 g/mol. The number of hydrogen-bond donors (Lipinski definition) is 0. The van der Waals surface area contributed by atoms with E-state index in [9.17, 15) is 4.39 Å². The third-order valence-electron chi connectivity index (χ3n) is 5.70. The van der Waals surface area contributed by atoms with Gasteiger partial charge in [-0.2, -0.15) is 0 Å². The zero-order valence-electron chi connectivity index (χ0n) is 17.7. The highest BCUT2D eigenvalue weighted by atomic mass is 35.5. The molecule has 164 valence electrons. The van der Waals surface area contributed by atoms with Crippen molar-refractivity contribution in [2.24, 2.45) is 0 Å². The topological polar surface area (TPSA) is 59.3 Å². The molecule has 3 aromatic rings. The fourth-order valence-corrected chi connectivity index (χ4v) is 4.25. The number of anilines is 1. The predicted octanol–water partition coefficient (Wildman–Crippen LogP) is 3.33. The molecular weight excluding hydrogens is 419 g/mol. The number of ether oxygens (including phenoxy) is 1. The van der Waals surface area contributed by atoms with Crippen LogP contribution in [-0.4, -0.2) is 65.0 Å². The lowest BCUT2D eigenvalue weighted by atomic mass is 10.0. The normalized spacial score (nSPS) is 15.9. The number of rotatable bonds is 7. The van der Waals surface area contributed by atoms with Crippen molar-refractivity contribution in [3.05, 3.63) is 70.3 Å². The highest BCUT2D eigenvalue weighted by molar-refractivity contribution is 6.30. The molecule has 0 saturated carbocycles. The number of benzene rings is 2. The van der Waals surface area contributed by atoms with Gasteiger partial charge in [0.1, 0.15) is 11.9 Å². The van der Waals surface area contributed by atoms with E-state index in [0.717, 1.165) is 36.9 Å². The largest absolute Gasteiger partial charge is 0.383 e. The second kappa shape index (κ2) is 9.72. The van der Waals surface area contributed by atoms with Gasteiger partial charge in [0.25, 0.3) is 0 Å². The second-order valence-corrected chi connectivity index (χ2v) is 8.07. The zero-order valence-corrected chi connectivity index (χ0v) is 18.5. The maximum absolute atomic E-state index is 14.9. The van der Waals surface area contributed by atoms with E-state index in [2.05, 4.69) is 32.2 Å². The molecule has 1 aliphatic heterocycles. The molecule has 0 bridgehead atoms. The number of aromatic nitrogens is 4. The van der Waals surface area contributed by atoms with Crippen molar-refractivity contribution < 1.29 is 9.13 Å². The molecule has 31 heavy (non-hydrogen) atoms. The van der Waals surface area contributed by atoms with Crippen LogP contribution in [0.15, 0.2) is 42.5 Å². The van der Waals surface area contributed by atoms with Crippen LogP contribution in [0.3, 0.4) is 0 Å². The summed E-state index contributed by atoms with van der Waals surface area (Å²) in [7, 11) is 1.63. The summed E-state index contributed by atoms with van der Waals surface area (Å²) in [6.07, 6.45) is 0. The smallest absolute Gasteiger partial charge is 0.173 e. The second-order valence-electron chi connectivity index (χ2n) is 7.63. The Morgan fingerprint density at radius 1 is 1.13 bits per heavy atom. The predicted molar refractivity (Wildman–Crippen MR) is 118 cm³/mol. The maximum atomic E-state index is 14.9. The van der Waals surface area contributed by atoms with Gasteiger partial charge >= 0.3 is 0 Å². The Labute approximate surface area is 186 Å². The summed E-state index contributed by atoms with van der Waals surface area (Å²) in [6, 6.07) is 12.4. The van der Waals surface area contributed by atoms with E-state index in [1.165, 1.54) is 11.6 Å². The molecular formula is C22H26ClFN6O. The van der Waals surface area contributed by atoms with Gasteiger partial charge in [0.2, 0.25) is 0 Å². The Morgan fingerprint density at radius 2 is 1.90 bits per heavy atom. The lowest BCUT2D eigenvalue weighted by Gasteiger charge is -2.40. The number of methoxy groups -OCH3 is 1. The quantitative estimate of drug-likeness (QED) is 0.557. The highest BCUT2D eigenvalue weighted by Gasteiger charge is 2.32. The number of aryl methyl sites for hydroxylation is 1. The third kappa shape index (κ3) is 4.71. The molecule has 9 heteroatoms. The maximum Gasteiger partial charge on any atom is 0.173 e. The average Bonchev–Trinajstić information content (AvgIpc) is 3.24. The Balaban J connectivity index is 1.61. The van der Waals surface area contributed by atoms with Gasteiger partial charge in [0, 0.05) is 49.6 Å². The van der Waals surface area contributed by atoms with Crippen molar-refractivity contribution in [3.8, 4) is 0 Å². The van der Waals surface area contributed by atoms with Crippen LogP contribution in [-0.2, 0) is 11.3 Å². The van der Waals surface area contributed by atoms with E-state index in [0.29, 0.717) is 24.5 Å². The van der Waals surface area contributed by atoms with Crippen LogP contribution in [0, 0.1) is 12.7 Å². The van der Waals surface area contributed by atoms with Gasteiger partial charge in [-0.05, 0) is 41.1 Å². The van der Waals surface area contributed by atoms with Crippen molar-refractivity contribution in [2.75, 3.05) is 44.8 Å². The van der Waals surface area contributed by atoms with Gasteiger partial charge in [-0.15, -0.1) is 5.10 Å². The summed E-state index contributed by atoms with van der Waals surface area (Å²) in [4.78, 5) is 4.56. The zero-order chi connectivity index (χ0) is 21.8. The van der Waals surface area contributed by atoms with Crippen LogP contribution in [0.25, 0.3) is 0 Å². The van der Waals surface area contributed by atoms with Crippen molar-refractivity contribution in [1.29, 1.82) is 0 Å². The molecule has 1 saturated heterocycles. The van der Waals surface area contributed by atoms with E-state index < -0.39 is 0 Å². The van der Waals surface area contributed by atoms with Crippen LogP contribution in [0.5, 0.6) is 0 Å². The van der Waals surface area contributed by atoms with Crippen molar-refractivity contribution >= 4 is 17.3 Å². The molecule has 0 radical (unpaired) electrons. The number of tetrazole rings is 1. The highest BCUT2D eigenvalue weighted by Crippen LogP contribution is 2.32. The molecule has 1 atom stereocenters. The Hall–Kier alpha value is -2.55. The third-order valence-corrected chi connectivity index (χ3v) is 5.94. The van der Waals surface area contributed by atoms with Crippen molar-refractivity contribution in [3.63, 3.8) is 0 Å². The van der Waals surface area contributed by atoms with Gasteiger partial charge in [0.05, 0.1) is 13.2 Å². The average molecular weight is 445 g/mol. The Morgan fingerprint density at radius 3 is 2.65 bits per heavy atom.